The van der Waals surface area contributed by atoms with Crippen molar-refractivity contribution in [3.63, 3.8) is 0 Å². The zero-order valence-corrected chi connectivity index (χ0v) is 3.87. The Hall–Kier alpha value is -0.300. The van der Waals surface area contributed by atoms with Crippen LogP contribution in [0.25, 0.3) is 0 Å². The molecule has 2 heteroatoms. The summed E-state index contributed by atoms with van der Waals surface area (Å²) in [5.41, 5.74) is 0. The van der Waals surface area contributed by atoms with Gasteiger partial charge in [0, 0.05) is 0 Å². The van der Waals surface area contributed by atoms with Crippen molar-refractivity contribution in [2.45, 2.75) is 0 Å². The van der Waals surface area contributed by atoms with Gasteiger partial charge < -0.3 is 0 Å². The van der Waals surface area contributed by atoms with Crippen molar-refractivity contribution in [3.8, 4) is 0 Å². The topological polar surface area (TPSA) is 0 Å². The van der Waals surface area contributed by atoms with E-state index in [0.717, 1.165) is 0 Å². The molecule has 34 valence electrons. The first-order valence-corrected chi connectivity index (χ1v) is 1.77. The molecular weight excluding hydrogens is 102 g/mol. The predicted molar refractivity (Wildman–Crippen MR) is 25.2 cm³/mol. The Balaban J connectivity index is 3.50. The Morgan fingerprint density at radius 3 is 2.33 bits per heavy atom. The molecule has 0 aromatic rings. The molecule has 0 nitrogen and oxygen atoms in total. The van der Waals surface area contributed by atoms with Gasteiger partial charge in [-0.3, -0.25) is 0 Å². The van der Waals surface area contributed by atoms with E-state index in [1.54, 1.807) is 0 Å². The molecule has 0 radical (unpaired) electrons. The van der Waals surface area contributed by atoms with Crippen molar-refractivity contribution in [1.29, 1.82) is 0 Å². The lowest BCUT2D eigenvalue weighted by molar-refractivity contribution is 0.719. The van der Waals surface area contributed by atoms with E-state index in [9.17, 15) is 4.39 Å². The number of hydrogen-bond acceptors (Lipinski definition) is 0. The van der Waals surface area contributed by atoms with Crippen molar-refractivity contribution in [1.82, 2.24) is 0 Å². The van der Waals surface area contributed by atoms with Gasteiger partial charge in [-0.05, 0) is 6.08 Å². The van der Waals surface area contributed by atoms with Gasteiger partial charge in [0.2, 0.25) is 0 Å². The zero-order chi connectivity index (χ0) is 4.99. The van der Waals surface area contributed by atoms with E-state index in [4.69, 9.17) is 11.6 Å². The highest BCUT2D eigenvalue weighted by molar-refractivity contribution is 6.30. The van der Waals surface area contributed by atoms with E-state index in [-0.39, 0.29) is 11.4 Å². The molecule has 0 unspecified atom stereocenters. The molecule has 0 aliphatic heterocycles. The highest BCUT2D eigenvalue weighted by Gasteiger charge is 1.73. The Morgan fingerprint density at radius 1 is 1.83 bits per heavy atom. The van der Waals surface area contributed by atoms with Gasteiger partial charge in [-0.25, -0.2) is 4.39 Å². The summed E-state index contributed by atoms with van der Waals surface area (Å²) in [7, 11) is 0. The molecule has 0 saturated heterocycles. The Morgan fingerprint density at radius 2 is 2.33 bits per heavy atom. The van der Waals surface area contributed by atoms with Crippen LogP contribution in [0, 0.1) is 0 Å². The lowest BCUT2D eigenvalue weighted by Gasteiger charge is -1.71. The fraction of sp³-hybridized carbons (Fsp3) is 0. The molecule has 0 spiro atoms. The minimum absolute atomic E-state index is 0.0370. The van der Waals surface area contributed by atoms with Gasteiger partial charge in [-0.2, -0.15) is 0 Å². The summed E-state index contributed by atoms with van der Waals surface area (Å²) < 4.78 is 11.0. The highest BCUT2D eigenvalue weighted by atomic mass is 35.5. The second-order valence-electron chi connectivity index (χ2n) is 0.698. The smallest absolute Gasteiger partial charge is 0.105 e. The van der Waals surface area contributed by atoms with Gasteiger partial charge >= 0.3 is 0 Å². The Bertz CT molecular complexity index is 75.6. The van der Waals surface area contributed by atoms with Gasteiger partial charge in [-0.1, -0.05) is 18.2 Å². The van der Waals surface area contributed by atoms with E-state index < -0.39 is 0 Å². The maximum absolute atomic E-state index is 11.0. The summed E-state index contributed by atoms with van der Waals surface area (Å²) >= 11 is 5.02. The highest BCUT2D eigenvalue weighted by Crippen LogP contribution is 1.99. The third-order valence-corrected chi connectivity index (χ3v) is 0.536. The molecular formula is C4H4ClF. The number of allylic oxidation sites excluding steroid dienone is 2. The molecule has 0 fully saturated rings. The maximum Gasteiger partial charge on any atom is 0.105 e. The fourth-order valence-corrected chi connectivity index (χ4v) is 0.0445. The normalized spacial score (nSPS) is 11.3. The summed E-state index contributed by atoms with van der Waals surface area (Å²) in [5.74, 6) is 0. The lowest BCUT2D eigenvalue weighted by atomic mass is 10.6. The van der Waals surface area contributed by atoms with Crippen LogP contribution in [0.4, 0.5) is 4.39 Å². The van der Waals surface area contributed by atoms with E-state index in [0.29, 0.717) is 0 Å². The van der Waals surface area contributed by atoms with Crippen LogP contribution in [0.1, 0.15) is 0 Å². The van der Waals surface area contributed by atoms with Gasteiger partial charge in [0.05, 0.1) is 5.03 Å². The molecule has 0 amide bonds. The SMILES string of the molecule is C=C/C(Cl)=C/F. The molecule has 0 aromatic heterocycles. The van der Waals surface area contributed by atoms with Crippen molar-refractivity contribution in [3.05, 3.63) is 24.0 Å². The summed E-state index contributed by atoms with van der Waals surface area (Å²) in [5, 5.41) is 0.0370. The molecule has 0 bridgehead atoms. The second-order valence-corrected chi connectivity index (χ2v) is 1.13. The Labute approximate surface area is 40.9 Å². The van der Waals surface area contributed by atoms with Gasteiger partial charge in [-0.15, -0.1) is 0 Å². The maximum atomic E-state index is 11.0. The van der Waals surface area contributed by atoms with Crippen LogP contribution in [0.15, 0.2) is 24.0 Å². The molecule has 0 aliphatic carbocycles. The molecule has 0 rings (SSSR count). The van der Waals surface area contributed by atoms with Crippen molar-refractivity contribution < 1.29 is 4.39 Å². The van der Waals surface area contributed by atoms with Gasteiger partial charge in [0.1, 0.15) is 6.33 Å². The average Bonchev–Trinajstić information content (AvgIpc) is 1.65. The third kappa shape index (κ3) is 1.97. The minimum Gasteiger partial charge on any atom is -0.214 e. The molecule has 6 heavy (non-hydrogen) atoms. The van der Waals surface area contributed by atoms with E-state index in [1.807, 2.05) is 0 Å². The van der Waals surface area contributed by atoms with E-state index >= 15 is 0 Å². The molecule has 0 atom stereocenters. The van der Waals surface area contributed by atoms with E-state index in [1.165, 1.54) is 6.08 Å². The molecule has 0 aromatic carbocycles. The number of hydrogen-bond donors (Lipinski definition) is 0. The number of rotatable bonds is 1. The van der Waals surface area contributed by atoms with E-state index in [2.05, 4.69) is 6.58 Å². The van der Waals surface area contributed by atoms with Gasteiger partial charge in [0.25, 0.3) is 0 Å². The predicted octanol–water partition coefficient (Wildman–Crippen LogP) is 2.22. The molecule has 0 N–H and O–H groups in total. The van der Waals surface area contributed by atoms with Crippen LogP contribution in [0.3, 0.4) is 0 Å². The monoisotopic (exact) mass is 106 g/mol. The summed E-state index contributed by atoms with van der Waals surface area (Å²) in [4.78, 5) is 0. The average molecular weight is 107 g/mol. The first-order valence-electron chi connectivity index (χ1n) is 1.39. The van der Waals surface area contributed by atoms with Crippen molar-refractivity contribution in [2.75, 3.05) is 0 Å². The summed E-state index contributed by atoms with van der Waals surface area (Å²) in [6, 6.07) is 0. The van der Waals surface area contributed by atoms with Crippen LogP contribution in [0.2, 0.25) is 0 Å². The first-order chi connectivity index (χ1) is 2.81. The lowest BCUT2D eigenvalue weighted by Crippen LogP contribution is -1.49. The quantitative estimate of drug-likeness (QED) is 0.450. The summed E-state index contributed by atoms with van der Waals surface area (Å²) in [6.45, 7) is 3.19. The molecule has 0 aliphatic rings. The fourth-order valence-electron chi connectivity index (χ4n) is 0.0445. The Kier molecular flexibility index (Phi) is 2.77. The third-order valence-electron chi connectivity index (χ3n) is 0.299. The number of halogens is 2. The van der Waals surface area contributed by atoms with Crippen molar-refractivity contribution >= 4 is 11.6 Å². The summed E-state index contributed by atoms with van der Waals surface area (Å²) in [6.07, 6.45) is 1.51. The van der Waals surface area contributed by atoms with Crippen molar-refractivity contribution in [2.24, 2.45) is 0 Å². The molecule has 0 saturated carbocycles. The van der Waals surface area contributed by atoms with Crippen LogP contribution < -0.4 is 0 Å². The molecule has 0 heterocycles. The second kappa shape index (κ2) is 2.91. The standard InChI is InChI=1S/C4H4ClF/c1-2-4(5)3-6/h2-3H,1H2/b4-3-. The van der Waals surface area contributed by atoms with Gasteiger partial charge in [0.15, 0.2) is 0 Å². The van der Waals surface area contributed by atoms with Crippen LogP contribution in [-0.2, 0) is 0 Å². The zero-order valence-electron chi connectivity index (χ0n) is 3.12. The largest absolute Gasteiger partial charge is 0.214 e. The van der Waals surface area contributed by atoms with Crippen LogP contribution >= 0.6 is 11.6 Å². The van der Waals surface area contributed by atoms with Crippen LogP contribution in [-0.4, -0.2) is 0 Å². The first kappa shape index (κ1) is 5.70. The minimum atomic E-state index is 0.0370. The van der Waals surface area contributed by atoms with Crippen LogP contribution in [0.5, 0.6) is 0 Å².